The van der Waals surface area contributed by atoms with Crippen LogP contribution in [-0.2, 0) is 0 Å². The van der Waals surface area contributed by atoms with Crippen LogP contribution in [0.4, 0.5) is 8.78 Å². The molecule has 1 saturated heterocycles. The van der Waals surface area contributed by atoms with Crippen molar-refractivity contribution in [1.29, 1.82) is 0 Å². The van der Waals surface area contributed by atoms with Gasteiger partial charge < -0.3 is 5.32 Å². The molecule has 1 nitrogen and oxygen atoms in total. The standard InChI is InChI=1S/C14H19F2N/c1-9(2)12-8-17-6-5-11(12)10-3-4-13(15)14(16)7-10/h3-4,7,9,11-12,17H,5-6,8H2,1-2H3. The first-order valence-corrected chi connectivity index (χ1v) is 6.25. The van der Waals surface area contributed by atoms with Crippen LogP contribution in [0.25, 0.3) is 0 Å². The number of nitrogens with one attached hydrogen (secondary N) is 1. The lowest BCUT2D eigenvalue weighted by atomic mass is 9.75. The summed E-state index contributed by atoms with van der Waals surface area (Å²) in [5.74, 6) is -0.117. The van der Waals surface area contributed by atoms with E-state index in [4.69, 9.17) is 0 Å². The van der Waals surface area contributed by atoms with E-state index in [0.717, 1.165) is 25.1 Å². The molecule has 3 heteroatoms. The van der Waals surface area contributed by atoms with E-state index in [2.05, 4.69) is 19.2 Å². The molecular formula is C14H19F2N. The second-order valence-corrected chi connectivity index (χ2v) is 5.18. The molecule has 1 fully saturated rings. The number of hydrogen-bond acceptors (Lipinski definition) is 1. The van der Waals surface area contributed by atoms with Gasteiger partial charge in [0.1, 0.15) is 0 Å². The second-order valence-electron chi connectivity index (χ2n) is 5.18. The van der Waals surface area contributed by atoms with E-state index >= 15 is 0 Å². The van der Waals surface area contributed by atoms with Crippen LogP contribution in [0.3, 0.4) is 0 Å². The zero-order valence-corrected chi connectivity index (χ0v) is 10.3. The zero-order valence-electron chi connectivity index (χ0n) is 10.3. The first-order chi connectivity index (χ1) is 8.09. The quantitative estimate of drug-likeness (QED) is 0.835. The van der Waals surface area contributed by atoms with Crippen molar-refractivity contribution in [3.05, 3.63) is 35.4 Å². The summed E-state index contributed by atoms with van der Waals surface area (Å²) in [7, 11) is 0. The third-order valence-corrected chi connectivity index (χ3v) is 3.76. The van der Waals surface area contributed by atoms with E-state index in [9.17, 15) is 8.78 Å². The Morgan fingerprint density at radius 1 is 1.24 bits per heavy atom. The van der Waals surface area contributed by atoms with Crippen molar-refractivity contribution >= 4 is 0 Å². The lowest BCUT2D eigenvalue weighted by Gasteiger charge is -2.35. The van der Waals surface area contributed by atoms with E-state index in [1.54, 1.807) is 6.07 Å². The van der Waals surface area contributed by atoms with Gasteiger partial charge >= 0.3 is 0 Å². The molecule has 94 valence electrons. The molecule has 0 amide bonds. The number of rotatable bonds is 2. The van der Waals surface area contributed by atoms with E-state index < -0.39 is 11.6 Å². The lowest BCUT2D eigenvalue weighted by Crippen LogP contribution is -2.38. The van der Waals surface area contributed by atoms with Crippen molar-refractivity contribution in [3.8, 4) is 0 Å². The molecule has 1 aliphatic rings. The van der Waals surface area contributed by atoms with Gasteiger partial charge in [0.25, 0.3) is 0 Å². The molecule has 0 radical (unpaired) electrons. The topological polar surface area (TPSA) is 12.0 Å². The molecule has 2 rings (SSSR count). The first kappa shape index (κ1) is 12.5. The SMILES string of the molecule is CC(C)C1CNCCC1c1ccc(F)c(F)c1. The minimum Gasteiger partial charge on any atom is -0.316 e. The van der Waals surface area contributed by atoms with E-state index in [1.807, 2.05) is 0 Å². The molecule has 0 aliphatic carbocycles. The van der Waals surface area contributed by atoms with Gasteiger partial charge in [-0.2, -0.15) is 0 Å². The Balaban J connectivity index is 2.26. The molecule has 1 aromatic carbocycles. The van der Waals surface area contributed by atoms with Crippen LogP contribution in [-0.4, -0.2) is 13.1 Å². The van der Waals surface area contributed by atoms with Gasteiger partial charge in [-0.3, -0.25) is 0 Å². The van der Waals surface area contributed by atoms with E-state index in [0.29, 0.717) is 17.8 Å². The van der Waals surface area contributed by atoms with Crippen LogP contribution in [0.1, 0.15) is 31.7 Å². The predicted molar refractivity (Wildman–Crippen MR) is 64.9 cm³/mol. The van der Waals surface area contributed by atoms with Gasteiger partial charge in [0.15, 0.2) is 11.6 Å². The highest BCUT2D eigenvalue weighted by Gasteiger charge is 2.28. The van der Waals surface area contributed by atoms with E-state index in [1.165, 1.54) is 12.1 Å². The minimum atomic E-state index is -0.760. The number of benzene rings is 1. The minimum absolute atomic E-state index is 0.339. The Morgan fingerprint density at radius 2 is 2.00 bits per heavy atom. The maximum atomic E-state index is 13.3. The maximum absolute atomic E-state index is 13.3. The fourth-order valence-corrected chi connectivity index (χ4v) is 2.74. The molecule has 2 unspecified atom stereocenters. The normalized spacial score (nSPS) is 25.2. The summed E-state index contributed by atoms with van der Waals surface area (Å²) in [6.45, 7) is 6.28. The van der Waals surface area contributed by atoms with Gasteiger partial charge in [0.2, 0.25) is 0 Å². The number of halogens is 2. The maximum Gasteiger partial charge on any atom is 0.159 e. The number of piperidine rings is 1. The number of hydrogen-bond donors (Lipinski definition) is 1. The Labute approximate surface area is 101 Å². The third-order valence-electron chi connectivity index (χ3n) is 3.76. The highest BCUT2D eigenvalue weighted by molar-refractivity contribution is 5.23. The van der Waals surface area contributed by atoms with Gasteiger partial charge in [0.05, 0.1) is 0 Å². The summed E-state index contributed by atoms with van der Waals surface area (Å²) in [5, 5.41) is 3.37. The largest absolute Gasteiger partial charge is 0.316 e. The average Bonchev–Trinajstić information content (AvgIpc) is 2.32. The molecule has 0 aromatic heterocycles. The van der Waals surface area contributed by atoms with Gasteiger partial charge in [0, 0.05) is 0 Å². The second kappa shape index (κ2) is 5.13. The Bertz CT molecular complexity index is 390. The molecule has 1 N–H and O–H groups in total. The van der Waals surface area contributed by atoms with E-state index in [-0.39, 0.29) is 0 Å². The van der Waals surface area contributed by atoms with Crippen molar-refractivity contribution in [1.82, 2.24) is 5.32 Å². The van der Waals surface area contributed by atoms with Crippen molar-refractivity contribution in [2.45, 2.75) is 26.2 Å². The fraction of sp³-hybridized carbons (Fsp3) is 0.571. The Kier molecular flexibility index (Phi) is 3.77. The molecular weight excluding hydrogens is 220 g/mol. The van der Waals surface area contributed by atoms with Crippen LogP contribution in [0, 0.1) is 23.5 Å². The molecule has 2 atom stereocenters. The summed E-state index contributed by atoms with van der Waals surface area (Å²) >= 11 is 0. The van der Waals surface area contributed by atoms with Crippen LogP contribution >= 0.6 is 0 Å². The van der Waals surface area contributed by atoms with Crippen molar-refractivity contribution in [2.24, 2.45) is 11.8 Å². The van der Waals surface area contributed by atoms with Gasteiger partial charge in [-0.05, 0) is 55.0 Å². The van der Waals surface area contributed by atoms with Crippen LogP contribution in [0.2, 0.25) is 0 Å². The van der Waals surface area contributed by atoms with Crippen LogP contribution in [0.15, 0.2) is 18.2 Å². The fourth-order valence-electron chi connectivity index (χ4n) is 2.74. The monoisotopic (exact) mass is 239 g/mol. The van der Waals surface area contributed by atoms with Gasteiger partial charge in [-0.15, -0.1) is 0 Å². The molecule has 0 bridgehead atoms. The van der Waals surface area contributed by atoms with Gasteiger partial charge in [-0.1, -0.05) is 19.9 Å². The summed E-state index contributed by atoms with van der Waals surface area (Å²) in [4.78, 5) is 0. The highest BCUT2D eigenvalue weighted by Crippen LogP contribution is 2.35. The predicted octanol–water partition coefficient (Wildman–Crippen LogP) is 3.31. The summed E-state index contributed by atoms with van der Waals surface area (Å²) < 4.78 is 26.2. The molecule has 0 spiro atoms. The molecule has 1 aromatic rings. The lowest BCUT2D eigenvalue weighted by molar-refractivity contribution is 0.254. The summed E-state index contributed by atoms with van der Waals surface area (Å²) in [5.41, 5.74) is 0.934. The smallest absolute Gasteiger partial charge is 0.159 e. The molecule has 1 aliphatic heterocycles. The van der Waals surface area contributed by atoms with Gasteiger partial charge in [-0.25, -0.2) is 8.78 Å². The van der Waals surface area contributed by atoms with Crippen molar-refractivity contribution < 1.29 is 8.78 Å². The van der Waals surface area contributed by atoms with Crippen molar-refractivity contribution in [2.75, 3.05) is 13.1 Å². The Hall–Kier alpha value is -0.960. The summed E-state index contributed by atoms with van der Waals surface area (Å²) in [6.07, 6.45) is 0.994. The molecule has 0 saturated carbocycles. The first-order valence-electron chi connectivity index (χ1n) is 6.25. The summed E-state index contributed by atoms with van der Waals surface area (Å²) in [6, 6.07) is 4.33. The highest BCUT2D eigenvalue weighted by atomic mass is 19.2. The van der Waals surface area contributed by atoms with Crippen LogP contribution in [0.5, 0.6) is 0 Å². The molecule has 1 heterocycles. The Morgan fingerprint density at radius 3 is 2.65 bits per heavy atom. The average molecular weight is 239 g/mol. The molecule has 17 heavy (non-hydrogen) atoms. The van der Waals surface area contributed by atoms with Crippen molar-refractivity contribution in [3.63, 3.8) is 0 Å². The third kappa shape index (κ3) is 2.65. The van der Waals surface area contributed by atoms with Crippen LogP contribution < -0.4 is 5.32 Å². The zero-order chi connectivity index (χ0) is 12.4.